The molecule has 0 saturated carbocycles. The van der Waals surface area contributed by atoms with E-state index in [9.17, 15) is 4.39 Å². The molecule has 134 valence electrons. The highest BCUT2D eigenvalue weighted by Gasteiger charge is 2.20. The first-order chi connectivity index (χ1) is 12.8. The van der Waals surface area contributed by atoms with E-state index in [2.05, 4.69) is 30.3 Å². The number of aromatic nitrogens is 3. The fraction of sp³-hybridized carbons (Fsp3) is 0.278. The van der Waals surface area contributed by atoms with Gasteiger partial charge in [-0.15, -0.1) is 5.10 Å². The Kier molecular flexibility index (Phi) is 4.63. The van der Waals surface area contributed by atoms with E-state index in [-0.39, 0.29) is 5.82 Å². The zero-order valence-corrected chi connectivity index (χ0v) is 14.2. The van der Waals surface area contributed by atoms with Crippen LogP contribution in [0.5, 0.6) is 0 Å². The van der Waals surface area contributed by atoms with Gasteiger partial charge >= 0.3 is 0 Å². The van der Waals surface area contributed by atoms with Crippen LogP contribution in [0.2, 0.25) is 0 Å². The number of nitrogens with one attached hydrogen (secondary N) is 1. The molecule has 26 heavy (non-hydrogen) atoms. The fourth-order valence-electron chi connectivity index (χ4n) is 2.92. The van der Waals surface area contributed by atoms with Gasteiger partial charge in [-0.05, 0) is 36.4 Å². The van der Waals surface area contributed by atoms with E-state index in [1.165, 1.54) is 12.1 Å². The summed E-state index contributed by atoms with van der Waals surface area (Å²) in [7, 11) is 0. The molecule has 0 radical (unpaired) electrons. The molecule has 3 heterocycles. The molecular formula is C18H19FN6O. The highest BCUT2D eigenvalue weighted by molar-refractivity contribution is 5.49. The number of anilines is 3. The highest BCUT2D eigenvalue weighted by Crippen LogP contribution is 2.19. The number of nitrogens with zero attached hydrogens (tertiary/aromatic N) is 5. The number of furan rings is 1. The molecule has 1 aliphatic heterocycles. The smallest absolute Gasteiger partial charge is 0.247 e. The molecule has 0 amide bonds. The second-order valence-corrected chi connectivity index (χ2v) is 6.03. The van der Waals surface area contributed by atoms with E-state index in [0.29, 0.717) is 18.3 Å². The largest absolute Gasteiger partial charge is 0.467 e. The fourth-order valence-corrected chi connectivity index (χ4v) is 2.92. The van der Waals surface area contributed by atoms with Gasteiger partial charge in [0.2, 0.25) is 5.95 Å². The van der Waals surface area contributed by atoms with Crippen molar-refractivity contribution in [2.75, 3.05) is 41.3 Å². The molecule has 3 aromatic rings. The van der Waals surface area contributed by atoms with E-state index in [0.717, 1.165) is 37.6 Å². The molecule has 0 bridgehead atoms. The summed E-state index contributed by atoms with van der Waals surface area (Å²) >= 11 is 0. The van der Waals surface area contributed by atoms with Crippen molar-refractivity contribution in [1.82, 2.24) is 15.2 Å². The Morgan fingerprint density at radius 3 is 2.54 bits per heavy atom. The lowest BCUT2D eigenvalue weighted by Crippen LogP contribution is -2.47. The third kappa shape index (κ3) is 3.74. The number of rotatable bonds is 5. The second-order valence-electron chi connectivity index (χ2n) is 6.03. The average Bonchev–Trinajstić information content (AvgIpc) is 3.21. The molecule has 0 atom stereocenters. The van der Waals surface area contributed by atoms with Crippen LogP contribution < -0.4 is 15.1 Å². The van der Waals surface area contributed by atoms with Crippen LogP contribution in [0.25, 0.3) is 0 Å². The molecule has 1 aromatic carbocycles. The summed E-state index contributed by atoms with van der Waals surface area (Å²) < 4.78 is 18.4. The second kappa shape index (κ2) is 7.38. The van der Waals surface area contributed by atoms with E-state index < -0.39 is 0 Å². The highest BCUT2D eigenvalue weighted by atomic mass is 19.1. The zero-order chi connectivity index (χ0) is 17.8. The van der Waals surface area contributed by atoms with Crippen LogP contribution in [0.3, 0.4) is 0 Å². The Bertz CT molecular complexity index is 831. The van der Waals surface area contributed by atoms with Crippen LogP contribution in [-0.2, 0) is 6.54 Å². The molecule has 0 unspecified atom stereocenters. The van der Waals surface area contributed by atoms with E-state index in [1.807, 2.05) is 24.3 Å². The van der Waals surface area contributed by atoms with Crippen molar-refractivity contribution in [3.05, 3.63) is 60.4 Å². The Morgan fingerprint density at radius 1 is 1.04 bits per heavy atom. The molecule has 1 fully saturated rings. The minimum Gasteiger partial charge on any atom is -0.467 e. The maximum atomic E-state index is 13.1. The van der Waals surface area contributed by atoms with E-state index in [1.54, 1.807) is 12.5 Å². The van der Waals surface area contributed by atoms with E-state index >= 15 is 0 Å². The van der Waals surface area contributed by atoms with Gasteiger partial charge in [-0.1, -0.05) is 0 Å². The Balaban J connectivity index is 1.36. The van der Waals surface area contributed by atoms with Gasteiger partial charge in [0.1, 0.15) is 11.6 Å². The summed E-state index contributed by atoms with van der Waals surface area (Å²) in [6.45, 7) is 3.74. The summed E-state index contributed by atoms with van der Waals surface area (Å²) in [6, 6.07) is 10.3. The van der Waals surface area contributed by atoms with Gasteiger partial charge in [0.15, 0.2) is 5.82 Å². The van der Waals surface area contributed by atoms with Crippen LogP contribution in [0.4, 0.5) is 21.8 Å². The molecule has 4 rings (SSSR count). The lowest BCUT2D eigenvalue weighted by molar-refractivity contribution is 0.517. The third-order valence-electron chi connectivity index (χ3n) is 4.33. The predicted octanol–water partition coefficient (Wildman–Crippen LogP) is 2.54. The topological polar surface area (TPSA) is 70.3 Å². The molecule has 7 nitrogen and oxygen atoms in total. The number of halogens is 1. The van der Waals surface area contributed by atoms with E-state index in [4.69, 9.17) is 4.42 Å². The average molecular weight is 354 g/mol. The molecule has 2 aromatic heterocycles. The standard InChI is InChI=1S/C18H19FN6O/c19-14-3-5-15(6-4-14)24-7-9-25(10-8-24)18-22-17(13-21-23-18)20-12-16-2-1-11-26-16/h1-6,11,13H,7-10,12H2,(H,20,22,23). The Morgan fingerprint density at radius 2 is 1.81 bits per heavy atom. The maximum absolute atomic E-state index is 13.1. The van der Waals surface area contributed by atoms with Crippen LogP contribution in [0.1, 0.15) is 5.76 Å². The minimum atomic E-state index is -0.217. The van der Waals surface area contributed by atoms with Gasteiger partial charge in [0.05, 0.1) is 19.0 Å². The Labute approximate surface area is 150 Å². The number of hydrogen-bond donors (Lipinski definition) is 1. The number of benzene rings is 1. The summed E-state index contributed by atoms with van der Waals surface area (Å²) in [5.74, 6) is 1.88. The normalized spacial score (nSPS) is 14.5. The lowest BCUT2D eigenvalue weighted by atomic mass is 10.2. The molecule has 0 aliphatic carbocycles. The van der Waals surface area contributed by atoms with Gasteiger partial charge in [0.25, 0.3) is 0 Å². The van der Waals surface area contributed by atoms with Gasteiger partial charge in [-0.3, -0.25) is 0 Å². The molecule has 0 spiro atoms. The SMILES string of the molecule is Fc1ccc(N2CCN(c3nncc(NCc4ccco4)n3)CC2)cc1. The van der Waals surface area contributed by atoms with Gasteiger partial charge < -0.3 is 19.5 Å². The summed E-state index contributed by atoms with van der Waals surface area (Å²) in [5.41, 5.74) is 1.03. The van der Waals surface area contributed by atoms with Gasteiger partial charge in [-0.2, -0.15) is 10.1 Å². The quantitative estimate of drug-likeness (QED) is 0.755. The molecule has 1 saturated heterocycles. The molecule has 8 heteroatoms. The minimum absolute atomic E-state index is 0.217. The van der Waals surface area contributed by atoms with Crippen LogP contribution in [0.15, 0.2) is 53.3 Å². The number of piperazine rings is 1. The van der Waals surface area contributed by atoms with Crippen molar-refractivity contribution in [3.63, 3.8) is 0 Å². The lowest BCUT2D eigenvalue weighted by Gasteiger charge is -2.35. The van der Waals surface area contributed by atoms with Gasteiger partial charge in [0, 0.05) is 31.9 Å². The van der Waals surface area contributed by atoms with Crippen LogP contribution in [-0.4, -0.2) is 41.4 Å². The third-order valence-corrected chi connectivity index (χ3v) is 4.33. The van der Waals surface area contributed by atoms with Crippen molar-refractivity contribution in [1.29, 1.82) is 0 Å². The number of hydrogen-bond acceptors (Lipinski definition) is 7. The summed E-state index contributed by atoms with van der Waals surface area (Å²) in [6.07, 6.45) is 3.24. The first-order valence-electron chi connectivity index (χ1n) is 8.49. The summed E-state index contributed by atoms with van der Waals surface area (Å²) in [5, 5.41) is 11.4. The summed E-state index contributed by atoms with van der Waals surface area (Å²) in [4.78, 5) is 8.86. The first kappa shape index (κ1) is 16.3. The monoisotopic (exact) mass is 354 g/mol. The molecule has 1 aliphatic rings. The van der Waals surface area contributed by atoms with Crippen molar-refractivity contribution in [2.24, 2.45) is 0 Å². The van der Waals surface area contributed by atoms with Crippen LogP contribution >= 0.6 is 0 Å². The first-order valence-corrected chi connectivity index (χ1v) is 8.49. The van der Waals surface area contributed by atoms with Crippen molar-refractivity contribution < 1.29 is 8.81 Å². The molecule has 1 N–H and O–H groups in total. The van der Waals surface area contributed by atoms with Gasteiger partial charge in [-0.25, -0.2) is 4.39 Å². The van der Waals surface area contributed by atoms with Crippen molar-refractivity contribution in [3.8, 4) is 0 Å². The maximum Gasteiger partial charge on any atom is 0.247 e. The Hall–Kier alpha value is -3.16. The zero-order valence-electron chi connectivity index (χ0n) is 14.2. The van der Waals surface area contributed by atoms with Crippen LogP contribution in [0, 0.1) is 5.82 Å². The van der Waals surface area contributed by atoms with Crippen molar-refractivity contribution in [2.45, 2.75) is 6.54 Å². The molecular weight excluding hydrogens is 335 g/mol. The predicted molar refractivity (Wildman–Crippen MR) is 96.7 cm³/mol. The van der Waals surface area contributed by atoms with Crippen molar-refractivity contribution >= 4 is 17.5 Å².